The Labute approximate surface area is 142 Å². The first-order chi connectivity index (χ1) is 10.7. The molecule has 2 aromatic rings. The van der Waals surface area contributed by atoms with E-state index in [1.165, 1.54) is 19.3 Å². The summed E-state index contributed by atoms with van der Waals surface area (Å²) >= 11 is 0. The first-order valence-corrected chi connectivity index (χ1v) is 8.20. The Morgan fingerprint density at radius 3 is 2.78 bits per heavy atom. The molecule has 6 heteroatoms. The number of nitrogens with zero attached hydrogens (tertiary/aromatic N) is 3. The highest BCUT2D eigenvalue weighted by molar-refractivity contribution is 5.87. The Hall–Kier alpha value is -1.43. The lowest BCUT2D eigenvalue weighted by molar-refractivity contribution is 0.259. The molecule has 1 aromatic carbocycles. The van der Waals surface area contributed by atoms with Crippen molar-refractivity contribution in [3.8, 4) is 0 Å². The van der Waals surface area contributed by atoms with Crippen molar-refractivity contribution in [1.29, 1.82) is 0 Å². The number of benzene rings is 1. The molecule has 0 radical (unpaired) electrons. The van der Waals surface area contributed by atoms with Crippen molar-refractivity contribution in [3.63, 3.8) is 0 Å². The number of nitrogen functional groups attached to an aromatic ring is 1. The van der Waals surface area contributed by atoms with E-state index >= 15 is 0 Å². The summed E-state index contributed by atoms with van der Waals surface area (Å²) in [5.74, 6) is 2.80. The van der Waals surface area contributed by atoms with Gasteiger partial charge in [-0.2, -0.15) is 0 Å². The molecule has 1 aliphatic heterocycles. The molecular weight excluding hydrogens is 310 g/mol. The fourth-order valence-electron chi connectivity index (χ4n) is 4.16. The van der Waals surface area contributed by atoms with Crippen LogP contribution in [-0.4, -0.2) is 34.0 Å². The summed E-state index contributed by atoms with van der Waals surface area (Å²) in [5.41, 5.74) is 13.3. The monoisotopic (exact) mass is 333 g/mol. The number of halogens is 1. The number of anilines is 1. The quantitative estimate of drug-likeness (QED) is 0.880. The van der Waals surface area contributed by atoms with Crippen LogP contribution in [0.15, 0.2) is 24.3 Å². The van der Waals surface area contributed by atoms with Crippen LogP contribution in [0.5, 0.6) is 0 Å². The highest BCUT2D eigenvalue weighted by atomic mass is 35.5. The second-order valence-electron chi connectivity index (χ2n) is 6.75. The van der Waals surface area contributed by atoms with Gasteiger partial charge in [0.15, 0.2) is 0 Å². The fraction of sp³-hybridized carbons (Fsp3) is 0.529. The van der Waals surface area contributed by atoms with Gasteiger partial charge in [-0.05, 0) is 36.8 Å². The Kier molecular flexibility index (Phi) is 4.71. The molecule has 2 fully saturated rings. The lowest BCUT2D eigenvalue weighted by Crippen LogP contribution is -2.38. The molecule has 124 valence electrons. The first-order valence-electron chi connectivity index (χ1n) is 8.20. The Morgan fingerprint density at radius 1 is 1.13 bits per heavy atom. The van der Waals surface area contributed by atoms with Crippen molar-refractivity contribution < 1.29 is 0 Å². The lowest BCUT2D eigenvalue weighted by atomic mass is 9.78. The molecule has 3 atom stereocenters. The number of para-hydroxylation sites is 1. The third-order valence-electron chi connectivity index (χ3n) is 5.27. The molecule has 1 saturated heterocycles. The number of likely N-dealkylation sites (tertiary alicyclic amines) is 1. The molecule has 1 aromatic heterocycles. The van der Waals surface area contributed by atoms with Crippen molar-refractivity contribution in [2.75, 3.05) is 18.8 Å². The number of rotatable bonds is 2. The Bertz CT molecular complexity index is 692. The minimum atomic E-state index is 0. The van der Waals surface area contributed by atoms with Crippen molar-refractivity contribution in [2.24, 2.45) is 17.6 Å². The summed E-state index contributed by atoms with van der Waals surface area (Å²) in [7, 11) is 0. The molecule has 3 unspecified atom stereocenters. The van der Waals surface area contributed by atoms with Crippen LogP contribution >= 0.6 is 12.4 Å². The third kappa shape index (κ3) is 3.13. The van der Waals surface area contributed by atoms with Crippen molar-refractivity contribution >= 4 is 29.1 Å². The summed E-state index contributed by atoms with van der Waals surface area (Å²) in [5, 5.41) is 0.934. The van der Waals surface area contributed by atoms with E-state index in [1.807, 2.05) is 24.3 Å². The normalized spacial score (nSPS) is 27.6. The summed E-state index contributed by atoms with van der Waals surface area (Å²) in [6, 6.07) is 8.29. The van der Waals surface area contributed by atoms with Crippen LogP contribution in [0.3, 0.4) is 0 Å². The van der Waals surface area contributed by atoms with E-state index < -0.39 is 0 Å². The molecule has 2 aliphatic rings. The second-order valence-corrected chi connectivity index (χ2v) is 6.75. The van der Waals surface area contributed by atoms with Crippen LogP contribution in [0.25, 0.3) is 10.9 Å². The van der Waals surface area contributed by atoms with Gasteiger partial charge in [0.1, 0.15) is 11.6 Å². The zero-order chi connectivity index (χ0) is 15.1. The zero-order valence-electron chi connectivity index (χ0n) is 13.2. The van der Waals surface area contributed by atoms with Gasteiger partial charge < -0.3 is 11.5 Å². The molecule has 1 saturated carbocycles. The Balaban J connectivity index is 0.00000156. The average molecular weight is 334 g/mol. The smallest absolute Gasteiger partial charge is 0.145 e. The maximum atomic E-state index is 6.30. The van der Waals surface area contributed by atoms with Crippen LogP contribution in [0.4, 0.5) is 5.82 Å². The topological polar surface area (TPSA) is 81.1 Å². The standard InChI is InChI=1S/C17H23N5.ClH/c18-14-6-3-4-11-8-22(9-13(11)14)10-16-20-15-7-2-1-5-12(15)17(19)21-16;/h1-2,5,7,11,13-14H,3-4,6,8-10,18H2,(H2,19,20,21);1H. The van der Waals surface area contributed by atoms with Gasteiger partial charge in [0, 0.05) is 24.5 Å². The highest BCUT2D eigenvalue weighted by Gasteiger charge is 2.38. The van der Waals surface area contributed by atoms with Gasteiger partial charge in [-0.3, -0.25) is 4.90 Å². The number of aromatic nitrogens is 2. The molecular formula is C17H24ClN5. The second kappa shape index (κ2) is 6.59. The summed E-state index contributed by atoms with van der Waals surface area (Å²) in [6.45, 7) is 2.96. The summed E-state index contributed by atoms with van der Waals surface area (Å²) < 4.78 is 0. The average Bonchev–Trinajstić information content (AvgIpc) is 2.91. The van der Waals surface area contributed by atoms with E-state index in [2.05, 4.69) is 14.9 Å². The van der Waals surface area contributed by atoms with E-state index in [0.29, 0.717) is 17.8 Å². The van der Waals surface area contributed by atoms with E-state index in [-0.39, 0.29) is 12.4 Å². The fourth-order valence-corrected chi connectivity index (χ4v) is 4.16. The summed E-state index contributed by atoms with van der Waals surface area (Å²) in [6.07, 6.45) is 3.76. The van der Waals surface area contributed by atoms with E-state index in [0.717, 1.165) is 42.3 Å². The van der Waals surface area contributed by atoms with Gasteiger partial charge >= 0.3 is 0 Å². The van der Waals surface area contributed by atoms with Gasteiger partial charge in [-0.25, -0.2) is 9.97 Å². The highest BCUT2D eigenvalue weighted by Crippen LogP contribution is 2.36. The molecule has 2 heterocycles. The molecule has 4 N–H and O–H groups in total. The molecule has 23 heavy (non-hydrogen) atoms. The van der Waals surface area contributed by atoms with Crippen LogP contribution in [0, 0.1) is 11.8 Å². The maximum Gasteiger partial charge on any atom is 0.145 e. The molecule has 0 amide bonds. The van der Waals surface area contributed by atoms with E-state index in [9.17, 15) is 0 Å². The number of fused-ring (bicyclic) bond motifs is 2. The van der Waals surface area contributed by atoms with Crippen LogP contribution in [0.2, 0.25) is 0 Å². The SMILES string of the molecule is Cl.Nc1nc(CN2CC3CCCC(N)C3C2)nc2ccccc12. The lowest BCUT2D eigenvalue weighted by Gasteiger charge is -2.29. The van der Waals surface area contributed by atoms with Crippen LogP contribution in [-0.2, 0) is 6.54 Å². The molecule has 0 spiro atoms. The van der Waals surface area contributed by atoms with Crippen molar-refractivity contribution in [3.05, 3.63) is 30.1 Å². The predicted molar refractivity (Wildman–Crippen MR) is 95.3 cm³/mol. The van der Waals surface area contributed by atoms with Gasteiger partial charge in [-0.1, -0.05) is 18.6 Å². The number of nitrogens with two attached hydrogens (primary N) is 2. The third-order valence-corrected chi connectivity index (χ3v) is 5.27. The van der Waals surface area contributed by atoms with Gasteiger partial charge in [0.25, 0.3) is 0 Å². The Morgan fingerprint density at radius 2 is 1.96 bits per heavy atom. The van der Waals surface area contributed by atoms with E-state index in [4.69, 9.17) is 11.5 Å². The first kappa shape index (κ1) is 16.4. The van der Waals surface area contributed by atoms with Crippen LogP contribution in [0.1, 0.15) is 25.1 Å². The van der Waals surface area contributed by atoms with Gasteiger partial charge in [0.05, 0.1) is 12.1 Å². The molecule has 4 rings (SSSR count). The molecule has 5 nitrogen and oxygen atoms in total. The van der Waals surface area contributed by atoms with E-state index in [1.54, 1.807) is 0 Å². The minimum absolute atomic E-state index is 0. The predicted octanol–water partition coefficient (Wildman–Crippen LogP) is 2.19. The van der Waals surface area contributed by atoms with Crippen LogP contribution < -0.4 is 11.5 Å². The molecule has 0 bridgehead atoms. The maximum absolute atomic E-state index is 6.30. The number of hydrogen-bond donors (Lipinski definition) is 2. The largest absolute Gasteiger partial charge is 0.383 e. The zero-order valence-corrected chi connectivity index (χ0v) is 14.0. The summed E-state index contributed by atoms with van der Waals surface area (Å²) in [4.78, 5) is 11.6. The number of hydrogen-bond acceptors (Lipinski definition) is 5. The molecule has 1 aliphatic carbocycles. The van der Waals surface area contributed by atoms with Crippen molar-refractivity contribution in [1.82, 2.24) is 14.9 Å². The van der Waals surface area contributed by atoms with Gasteiger partial charge in [0.2, 0.25) is 0 Å². The minimum Gasteiger partial charge on any atom is -0.383 e. The van der Waals surface area contributed by atoms with Crippen molar-refractivity contribution in [2.45, 2.75) is 31.8 Å². The van der Waals surface area contributed by atoms with Gasteiger partial charge in [-0.15, -0.1) is 12.4 Å².